The minimum Gasteiger partial charge on any atom is -0.348 e. The molecule has 0 spiro atoms. The number of anilines is 1. The molecule has 1 aliphatic heterocycles. The summed E-state index contributed by atoms with van der Waals surface area (Å²) in [6.45, 7) is 2.88. The van der Waals surface area contributed by atoms with E-state index in [1.165, 1.54) is 6.92 Å². The van der Waals surface area contributed by atoms with Crippen molar-refractivity contribution in [3.8, 4) is 0 Å². The minimum atomic E-state index is -0.809. The van der Waals surface area contributed by atoms with Crippen LogP contribution < -0.4 is 10.6 Å². The largest absolute Gasteiger partial charge is 0.348 e. The number of carbonyl (C=O) groups excluding carboxylic acids is 2. The number of benzene rings is 2. The zero-order valence-corrected chi connectivity index (χ0v) is 15.9. The first-order chi connectivity index (χ1) is 13.8. The van der Waals surface area contributed by atoms with Gasteiger partial charge >= 0.3 is 6.03 Å². The van der Waals surface area contributed by atoms with Gasteiger partial charge in [-0.2, -0.15) is 0 Å². The summed E-state index contributed by atoms with van der Waals surface area (Å²) in [5.41, 5.74) is 0.637. The Bertz CT molecular complexity index is 957. The van der Waals surface area contributed by atoms with Crippen LogP contribution in [0, 0.1) is 22.9 Å². The summed E-state index contributed by atoms with van der Waals surface area (Å²) in [5, 5.41) is 16.5. The second-order valence-electron chi connectivity index (χ2n) is 6.87. The van der Waals surface area contributed by atoms with Crippen molar-refractivity contribution in [1.29, 1.82) is 0 Å². The second-order valence-corrected chi connectivity index (χ2v) is 6.87. The molecule has 2 aromatic rings. The Morgan fingerprint density at radius 2 is 1.93 bits per heavy atom. The van der Waals surface area contributed by atoms with E-state index < -0.39 is 22.3 Å². The fraction of sp³-hybridized carbons (Fsp3) is 0.300. The van der Waals surface area contributed by atoms with Gasteiger partial charge in [0.05, 0.1) is 10.5 Å². The molecule has 0 saturated carbocycles. The first-order valence-electron chi connectivity index (χ1n) is 9.23. The summed E-state index contributed by atoms with van der Waals surface area (Å²) in [5.74, 6) is -1.44. The van der Waals surface area contributed by atoms with Crippen molar-refractivity contribution in [3.05, 3.63) is 69.0 Å². The monoisotopic (exact) mass is 400 g/mol. The van der Waals surface area contributed by atoms with E-state index in [1.54, 1.807) is 29.2 Å². The van der Waals surface area contributed by atoms with Gasteiger partial charge in [-0.1, -0.05) is 12.1 Å². The average molecular weight is 400 g/mol. The van der Waals surface area contributed by atoms with Gasteiger partial charge in [-0.3, -0.25) is 14.9 Å². The lowest BCUT2D eigenvalue weighted by atomic mass is 10.1. The number of amides is 3. The number of nitrogens with one attached hydrogen (secondary N) is 2. The van der Waals surface area contributed by atoms with Crippen LogP contribution in [0.1, 0.15) is 34.3 Å². The number of hydrogen-bond donors (Lipinski definition) is 2. The summed E-state index contributed by atoms with van der Waals surface area (Å²) >= 11 is 0. The highest BCUT2D eigenvalue weighted by molar-refractivity contribution is 5.95. The Balaban J connectivity index is 1.65. The molecule has 1 heterocycles. The standard InChI is InChI=1S/C20H21FN4O4/c1-13-17(21)10-15(11-18(13)25(28)29)19(26)22-12-14-5-4-6-16(9-14)23-20(27)24-7-2-3-8-24/h4-6,9-11H,2-3,7-8,12H2,1H3,(H,22,26)(H,23,27). The van der Waals surface area contributed by atoms with Crippen LogP contribution >= 0.6 is 0 Å². The zero-order chi connectivity index (χ0) is 21.0. The molecule has 2 aromatic carbocycles. The predicted molar refractivity (Wildman–Crippen MR) is 105 cm³/mol. The number of carbonyl (C=O) groups is 2. The number of nitro benzene ring substituents is 1. The molecule has 0 radical (unpaired) electrons. The molecule has 152 valence electrons. The Kier molecular flexibility index (Phi) is 6.06. The lowest BCUT2D eigenvalue weighted by Crippen LogP contribution is -2.32. The van der Waals surface area contributed by atoms with Gasteiger partial charge in [0.1, 0.15) is 5.82 Å². The maximum Gasteiger partial charge on any atom is 0.321 e. The van der Waals surface area contributed by atoms with E-state index in [9.17, 15) is 24.1 Å². The Labute approximate surface area is 166 Å². The van der Waals surface area contributed by atoms with Gasteiger partial charge in [0.15, 0.2) is 0 Å². The Morgan fingerprint density at radius 3 is 2.62 bits per heavy atom. The van der Waals surface area contributed by atoms with Crippen molar-refractivity contribution in [1.82, 2.24) is 10.2 Å². The van der Waals surface area contributed by atoms with Gasteiger partial charge in [0, 0.05) is 37.0 Å². The van der Waals surface area contributed by atoms with E-state index >= 15 is 0 Å². The molecule has 0 atom stereocenters. The van der Waals surface area contributed by atoms with E-state index in [-0.39, 0.29) is 23.7 Å². The highest BCUT2D eigenvalue weighted by Gasteiger charge is 2.20. The minimum absolute atomic E-state index is 0.118. The van der Waals surface area contributed by atoms with E-state index in [1.807, 2.05) is 0 Å². The molecule has 0 aliphatic carbocycles. The number of nitro groups is 1. The van der Waals surface area contributed by atoms with E-state index in [4.69, 9.17) is 0 Å². The third-order valence-electron chi connectivity index (χ3n) is 4.80. The molecule has 0 bridgehead atoms. The predicted octanol–water partition coefficient (Wildman–Crippen LogP) is 3.60. The number of rotatable bonds is 5. The molecule has 1 aliphatic rings. The fourth-order valence-electron chi connectivity index (χ4n) is 3.15. The van der Waals surface area contributed by atoms with Crippen molar-refractivity contribution in [3.63, 3.8) is 0 Å². The number of urea groups is 1. The van der Waals surface area contributed by atoms with Crippen LogP contribution in [0.2, 0.25) is 0 Å². The van der Waals surface area contributed by atoms with Gasteiger partial charge in [-0.25, -0.2) is 9.18 Å². The summed E-state index contributed by atoms with van der Waals surface area (Å²) in [7, 11) is 0. The summed E-state index contributed by atoms with van der Waals surface area (Å²) < 4.78 is 13.9. The van der Waals surface area contributed by atoms with Crippen molar-refractivity contribution in [2.24, 2.45) is 0 Å². The molecule has 9 heteroatoms. The summed E-state index contributed by atoms with van der Waals surface area (Å²) in [4.78, 5) is 36.5. The maximum absolute atomic E-state index is 13.9. The quantitative estimate of drug-likeness (QED) is 0.591. The molecule has 3 rings (SSSR count). The van der Waals surface area contributed by atoms with Crippen LogP contribution in [-0.2, 0) is 6.54 Å². The average Bonchev–Trinajstić information content (AvgIpc) is 3.23. The van der Waals surface area contributed by atoms with Crippen LogP contribution in [0.15, 0.2) is 36.4 Å². The van der Waals surface area contributed by atoms with Crippen LogP contribution in [0.25, 0.3) is 0 Å². The second kappa shape index (κ2) is 8.68. The highest BCUT2D eigenvalue weighted by Crippen LogP contribution is 2.23. The van der Waals surface area contributed by atoms with Gasteiger partial charge in [0.25, 0.3) is 11.6 Å². The molecule has 2 N–H and O–H groups in total. The normalized spacial score (nSPS) is 13.2. The van der Waals surface area contributed by atoms with Gasteiger partial charge < -0.3 is 15.5 Å². The van der Waals surface area contributed by atoms with Gasteiger partial charge in [0.2, 0.25) is 0 Å². The van der Waals surface area contributed by atoms with Crippen LogP contribution in [-0.4, -0.2) is 34.9 Å². The molecular formula is C20H21FN4O4. The first kappa shape index (κ1) is 20.2. The summed E-state index contributed by atoms with van der Waals surface area (Å²) in [6, 6.07) is 8.86. The lowest BCUT2D eigenvalue weighted by molar-refractivity contribution is -0.385. The molecule has 0 unspecified atom stereocenters. The molecule has 0 aromatic heterocycles. The Morgan fingerprint density at radius 1 is 1.21 bits per heavy atom. The van der Waals surface area contributed by atoms with E-state index in [0.717, 1.165) is 43.6 Å². The molecule has 1 saturated heterocycles. The smallest absolute Gasteiger partial charge is 0.321 e. The van der Waals surface area contributed by atoms with Gasteiger partial charge in [-0.15, -0.1) is 0 Å². The summed E-state index contributed by atoms with van der Waals surface area (Å²) in [6.07, 6.45) is 1.99. The van der Waals surface area contributed by atoms with Crippen LogP contribution in [0.3, 0.4) is 0 Å². The number of likely N-dealkylation sites (tertiary alicyclic amines) is 1. The molecule has 3 amide bonds. The van der Waals surface area contributed by atoms with Gasteiger partial charge in [-0.05, 0) is 43.5 Å². The van der Waals surface area contributed by atoms with Crippen LogP contribution in [0.5, 0.6) is 0 Å². The molecule has 1 fully saturated rings. The van der Waals surface area contributed by atoms with E-state index in [0.29, 0.717) is 5.69 Å². The lowest BCUT2D eigenvalue weighted by Gasteiger charge is -2.16. The van der Waals surface area contributed by atoms with E-state index in [2.05, 4.69) is 10.6 Å². The van der Waals surface area contributed by atoms with Crippen molar-refractivity contribution >= 4 is 23.3 Å². The van der Waals surface area contributed by atoms with Crippen molar-refractivity contribution in [2.75, 3.05) is 18.4 Å². The van der Waals surface area contributed by atoms with Crippen molar-refractivity contribution in [2.45, 2.75) is 26.3 Å². The number of hydrogen-bond acceptors (Lipinski definition) is 4. The topological polar surface area (TPSA) is 105 Å². The number of nitrogens with zero attached hydrogens (tertiary/aromatic N) is 2. The molecular weight excluding hydrogens is 379 g/mol. The molecule has 29 heavy (non-hydrogen) atoms. The van der Waals surface area contributed by atoms with Crippen molar-refractivity contribution < 1.29 is 18.9 Å². The van der Waals surface area contributed by atoms with Crippen LogP contribution in [0.4, 0.5) is 20.6 Å². The highest BCUT2D eigenvalue weighted by atomic mass is 19.1. The first-order valence-corrected chi connectivity index (χ1v) is 9.23. The maximum atomic E-state index is 13.9. The molecule has 8 nitrogen and oxygen atoms in total. The SMILES string of the molecule is Cc1c(F)cc(C(=O)NCc2cccc(NC(=O)N3CCCC3)c2)cc1[N+](=O)[O-]. The fourth-order valence-corrected chi connectivity index (χ4v) is 3.15. The zero-order valence-electron chi connectivity index (χ0n) is 15.9. The third kappa shape index (κ3) is 4.87. The number of halogens is 1. The third-order valence-corrected chi connectivity index (χ3v) is 4.80. The Hall–Kier alpha value is -3.49.